The van der Waals surface area contributed by atoms with Gasteiger partial charge >= 0.3 is 5.97 Å². The largest absolute Gasteiger partial charge is 0.481 e. The number of para-hydroxylation sites is 3. The van der Waals surface area contributed by atoms with Crippen LogP contribution in [-0.4, -0.2) is 23.6 Å². The lowest BCUT2D eigenvalue weighted by Gasteiger charge is -2.38. The molecule has 0 radical (unpaired) electrons. The predicted octanol–water partition coefficient (Wildman–Crippen LogP) is 3.92. The Kier molecular flexibility index (Phi) is 4.68. The van der Waals surface area contributed by atoms with E-state index in [1.165, 1.54) is 0 Å². The topological polar surface area (TPSA) is 78.9 Å². The molecule has 0 fully saturated rings. The lowest BCUT2D eigenvalue weighted by Crippen LogP contribution is -2.43. The summed E-state index contributed by atoms with van der Waals surface area (Å²) < 4.78 is 5.48. The van der Waals surface area contributed by atoms with Gasteiger partial charge in [-0.25, -0.2) is 4.79 Å². The van der Waals surface area contributed by atoms with Gasteiger partial charge in [0.05, 0.1) is 5.56 Å². The molecule has 1 amide bonds. The summed E-state index contributed by atoms with van der Waals surface area (Å²) in [5, 5.41) is 12.4. The Morgan fingerprint density at radius 3 is 2.43 bits per heavy atom. The van der Waals surface area contributed by atoms with E-state index in [0.717, 1.165) is 11.4 Å². The van der Waals surface area contributed by atoms with Gasteiger partial charge in [-0.3, -0.25) is 9.69 Å². The molecule has 0 saturated heterocycles. The summed E-state index contributed by atoms with van der Waals surface area (Å²) in [6, 6.07) is 23.8. The number of fused-ring (bicyclic) bond motifs is 1. The number of carboxylic acids is 1. The average molecular weight is 374 g/mol. The van der Waals surface area contributed by atoms with Crippen LogP contribution >= 0.6 is 0 Å². The van der Waals surface area contributed by atoms with Crippen molar-refractivity contribution in [3.8, 4) is 5.75 Å². The van der Waals surface area contributed by atoms with Gasteiger partial charge in [-0.1, -0.05) is 48.5 Å². The van der Waals surface area contributed by atoms with Crippen LogP contribution in [0, 0.1) is 0 Å². The van der Waals surface area contributed by atoms with E-state index in [1.54, 1.807) is 23.1 Å². The Morgan fingerprint density at radius 1 is 0.964 bits per heavy atom. The standard InChI is InChI=1S/C22H18N2O4/c25-20(26)14-28-19-13-7-5-11-17(19)21-23-18-12-6-4-10-16(18)22(27)24(21)15-8-2-1-3-9-15/h1-13,21,23H,14H2,(H,25,26)/t21-/m1/s1. The van der Waals surface area contributed by atoms with Crippen LogP contribution in [-0.2, 0) is 4.79 Å². The van der Waals surface area contributed by atoms with Gasteiger partial charge in [0.1, 0.15) is 11.9 Å². The lowest BCUT2D eigenvalue weighted by molar-refractivity contribution is -0.139. The van der Waals surface area contributed by atoms with Gasteiger partial charge in [0.2, 0.25) is 0 Å². The van der Waals surface area contributed by atoms with E-state index < -0.39 is 18.7 Å². The van der Waals surface area contributed by atoms with Crippen LogP contribution < -0.4 is 15.0 Å². The number of carboxylic acid groups (broad SMARTS) is 1. The number of anilines is 2. The maximum Gasteiger partial charge on any atom is 0.341 e. The zero-order chi connectivity index (χ0) is 19.5. The van der Waals surface area contributed by atoms with Gasteiger partial charge in [-0.15, -0.1) is 0 Å². The molecule has 0 aliphatic carbocycles. The van der Waals surface area contributed by atoms with Gasteiger partial charge in [0.25, 0.3) is 5.91 Å². The molecule has 28 heavy (non-hydrogen) atoms. The fourth-order valence-corrected chi connectivity index (χ4v) is 3.30. The third-order valence-electron chi connectivity index (χ3n) is 4.53. The van der Waals surface area contributed by atoms with Crippen LogP contribution in [0.2, 0.25) is 0 Å². The Hall–Kier alpha value is -3.80. The smallest absolute Gasteiger partial charge is 0.341 e. The molecule has 0 spiro atoms. The number of hydrogen-bond acceptors (Lipinski definition) is 4. The molecule has 0 saturated carbocycles. The first kappa shape index (κ1) is 17.6. The molecule has 1 aliphatic heterocycles. The Labute approximate surface area is 162 Å². The van der Waals surface area contributed by atoms with E-state index in [-0.39, 0.29) is 5.91 Å². The van der Waals surface area contributed by atoms with Crippen molar-refractivity contribution in [2.24, 2.45) is 0 Å². The van der Waals surface area contributed by atoms with Crippen LogP contribution in [0.3, 0.4) is 0 Å². The average Bonchev–Trinajstić information content (AvgIpc) is 2.73. The van der Waals surface area contributed by atoms with E-state index >= 15 is 0 Å². The molecule has 1 atom stereocenters. The first-order chi connectivity index (χ1) is 13.6. The summed E-state index contributed by atoms with van der Waals surface area (Å²) in [5.41, 5.74) is 2.70. The highest BCUT2D eigenvalue weighted by atomic mass is 16.5. The Bertz CT molecular complexity index is 1020. The van der Waals surface area contributed by atoms with Gasteiger partial charge in [0.15, 0.2) is 6.61 Å². The Balaban J connectivity index is 1.82. The highest BCUT2D eigenvalue weighted by molar-refractivity contribution is 6.12. The first-order valence-corrected chi connectivity index (χ1v) is 8.83. The van der Waals surface area contributed by atoms with E-state index in [0.29, 0.717) is 16.9 Å². The number of carbonyl (C=O) groups excluding carboxylic acids is 1. The second-order valence-corrected chi connectivity index (χ2v) is 6.32. The normalized spacial score (nSPS) is 15.5. The van der Waals surface area contributed by atoms with E-state index in [1.807, 2.05) is 60.7 Å². The summed E-state index contributed by atoms with van der Waals surface area (Å²) in [6.45, 7) is -0.459. The van der Waals surface area contributed by atoms with E-state index in [9.17, 15) is 9.59 Å². The molecule has 0 unspecified atom stereocenters. The zero-order valence-corrected chi connectivity index (χ0v) is 14.9. The highest BCUT2D eigenvalue weighted by Crippen LogP contribution is 2.39. The van der Waals surface area contributed by atoms with Crippen molar-refractivity contribution < 1.29 is 19.4 Å². The number of amides is 1. The maximum atomic E-state index is 13.3. The minimum absolute atomic E-state index is 0.140. The van der Waals surface area contributed by atoms with Crippen LogP contribution in [0.25, 0.3) is 0 Å². The minimum Gasteiger partial charge on any atom is -0.481 e. The lowest BCUT2D eigenvalue weighted by atomic mass is 10.0. The maximum absolute atomic E-state index is 13.3. The van der Waals surface area contributed by atoms with Crippen molar-refractivity contribution in [2.75, 3.05) is 16.8 Å². The van der Waals surface area contributed by atoms with Gasteiger partial charge < -0.3 is 15.2 Å². The first-order valence-electron chi connectivity index (χ1n) is 8.83. The molecule has 3 aromatic rings. The van der Waals surface area contributed by atoms with Crippen LogP contribution in [0.1, 0.15) is 22.1 Å². The summed E-state index contributed by atoms with van der Waals surface area (Å²) in [7, 11) is 0. The van der Waals surface area contributed by atoms with Gasteiger partial charge in [-0.2, -0.15) is 0 Å². The molecular formula is C22H18N2O4. The number of nitrogens with zero attached hydrogens (tertiary/aromatic N) is 1. The summed E-state index contributed by atoms with van der Waals surface area (Å²) in [4.78, 5) is 25.9. The molecule has 1 aliphatic rings. The minimum atomic E-state index is -1.06. The third kappa shape index (κ3) is 3.27. The fraction of sp³-hybridized carbons (Fsp3) is 0.0909. The molecule has 4 rings (SSSR count). The van der Waals surface area contributed by atoms with Crippen molar-refractivity contribution in [2.45, 2.75) is 6.17 Å². The van der Waals surface area contributed by atoms with Crippen molar-refractivity contribution in [1.29, 1.82) is 0 Å². The molecule has 6 heteroatoms. The number of hydrogen-bond donors (Lipinski definition) is 2. The number of carbonyl (C=O) groups is 2. The Morgan fingerprint density at radius 2 is 1.64 bits per heavy atom. The van der Waals surface area contributed by atoms with E-state index in [4.69, 9.17) is 9.84 Å². The van der Waals surface area contributed by atoms with Crippen LogP contribution in [0.4, 0.5) is 11.4 Å². The van der Waals surface area contributed by atoms with Crippen molar-refractivity contribution >= 4 is 23.3 Å². The number of ether oxygens (including phenoxy) is 1. The van der Waals surface area contributed by atoms with Crippen molar-refractivity contribution in [3.63, 3.8) is 0 Å². The van der Waals surface area contributed by atoms with Gasteiger partial charge in [-0.05, 0) is 30.3 Å². The molecule has 140 valence electrons. The number of nitrogens with one attached hydrogen (secondary N) is 1. The second-order valence-electron chi connectivity index (χ2n) is 6.32. The second kappa shape index (κ2) is 7.44. The van der Waals surface area contributed by atoms with Crippen LogP contribution in [0.15, 0.2) is 78.9 Å². The number of benzene rings is 3. The fourth-order valence-electron chi connectivity index (χ4n) is 3.30. The van der Waals surface area contributed by atoms with Crippen molar-refractivity contribution in [3.05, 3.63) is 90.0 Å². The zero-order valence-electron chi connectivity index (χ0n) is 14.9. The summed E-state index contributed by atoms with van der Waals surface area (Å²) in [5.74, 6) is -0.790. The molecule has 6 nitrogen and oxygen atoms in total. The van der Waals surface area contributed by atoms with Crippen molar-refractivity contribution in [1.82, 2.24) is 0 Å². The molecule has 2 N–H and O–H groups in total. The number of rotatable bonds is 5. The van der Waals surface area contributed by atoms with E-state index in [2.05, 4.69) is 5.32 Å². The van der Waals surface area contributed by atoms with Gasteiger partial charge in [0, 0.05) is 16.9 Å². The third-order valence-corrected chi connectivity index (χ3v) is 4.53. The molecule has 1 heterocycles. The molecule has 3 aromatic carbocycles. The summed E-state index contributed by atoms with van der Waals surface area (Å²) in [6.07, 6.45) is -0.546. The SMILES string of the molecule is O=C(O)COc1ccccc1[C@@H]1Nc2ccccc2C(=O)N1c1ccccc1. The quantitative estimate of drug-likeness (QED) is 0.708. The summed E-state index contributed by atoms with van der Waals surface area (Å²) >= 11 is 0. The monoisotopic (exact) mass is 374 g/mol. The number of aliphatic carboxylic acids is 1. The molecule has 0 aromatic heterocycles. The molecular weight excluding hydrogens is 356 g/mol. The predicted molar refractivity (Wildman–Crippen MR) is 106 cm³/mol. The highest BCUT2D eigenvalue weighted by Gasteiger charge is 2.35. The van der Waals surface area contributed by atoms with Crippen LogP contribution in [0.5, 0.6) is 5.75 Å². The molecule has 0 bridgehead atoms.